The molecule has 29 heavy (non-hydrogen) atoms. The number of aryl methyl sites for hydroxylation is 2. The van der Waals surface area contributed by atoms with Crippen molar-refractivity contribution in [3.63, 3.8) is 0 Å². The zero-order valence-electron chi connectivity index (χ0n) is 18.5. The molecule has 1 aromatic carbocycles. The summed E-state index contributed by atoms with van der Waals surface area (Å²) in [5.74, 6) is 2.76. The van der Waals surface area contributed by atoms with E-state index in [1.165, 1.54) is 44.4 Å². The Morgan fingerprint density at radius 3 is 2.69 bits per heavy atom. The molecule has 1 saturated heterocycles. The maximum absolute atomic E-state index is 4.87. The van der Waals surface area contributed by atoms with Crippen LogP contribution in [0.2, 0.25) is 0 Å². The van der Waals surface area contributed by atoms with E-state index < -0.39 is 0 Å². The Balaban J connectivity index is 1.44. The Bertz CT molecular complexity index is 773. The zero-order chi connectivity index (χ0) is 20.5. The first-order valence-electron chi connectivity index (χ1n) is 11.4. The molecule has 0 aliphatic carbocycles. The highest BCUT2D eigenvalue weighted by Crippen LogP contribution is 2.18. The molecule has 160 valence electrons. The average molecular weight is 399 g/mol. The molecule has 2 aromatic rings. The lowest BCUT2D eigenvalue weighted by Gasteiger charge is -2.31. The summed E-state index contributed by atoms with van der Waals surface area (Å²) >= 11 is 0. The molecule has 0 spiro atoms. The highest BCUT2D eigenvalue weighted by Gasteiger charge is 2.18. The topological polar surface area (TPSA) is 57.5 Å². The molecule has 1 aromatic heterocycles. The van der Waals surface area contributed by atoms with Crippen LogP contribution in [0.5, 0.6) is 0 Å². The van der Waals surface area contributed by atoms with Gasteiger partial charge in [-0.1, -0.05) is 19.1 Å². The van der Waals surface area contributed by atoms with Crippen molar-refractivity contribution in [2.75, 3.05) is 39.3 Å². The lowest BCUT2D eigenvalue weighted by atomic mass is 9.97. The molecule has 1 fully saturated rings. The van der Waals surface area contributed by atoms with Gasteiger partial charge in [0.05, 0.1) is 11.0 Å². The summed E-state index contributed by atoms with van der Waals surface area (Å²) in [7, 11) is 0. The van der Waals surface area contributed by atoms with Crippen molar-refractivity contribution in [2.24, 2.45) is 10.9 Å². The van der Waals surface area contributed by atoms with Crippen molar-refractivity contribution < 1.29 is 0 Å². The molecule has 1 aliphatic heterocycles. The van der Waals surface area contributed by atoms with E-state index in [4.69, 9.17) is 4.99 Å². The Morgan fingerprint density at radius 1 is 1.14 bits per heavy atom. The number of piperidine rings is 1. The fourth-order valence-electron chi connectivity index (χ4n) is 4.19. The number of rotatable bonds is 9. The average Bonchev–Trinajstić information content (AvgIpc) is 3.05. The molecule has 2 N–H and O–H groups in total. The minimum atomic E-state index is 0.721. The van der Waals surface area contributed by atoms with Gasteiger partial charge < -0.3 is 20.1 Å². The largest absolute Gasteiger partial charge is 0.357 e. The van der Waals surface area contributed by atoms with Crippen molar-refractivity contribution in [1.82, 2.24) is 25.1 Å². The third kappa shape index (κ3) is 6.20. The molecule has 6 heteroatoms. The summed E-state index contributed by atoms with van der Waals surface area (Å²) in [6.07, 6.45) is 4.85. The minimum Gasteiger partial charge on any atom is -0.357 e. The Kier molecular flexibility index (Phi) is 8.35. The number of benzene rings is 1. The minimum absolute atomic E-state index is 0.721. The van der Waals surface area contributed by atoms with Crippen LogP contribution < -0.4 is 10.6 Å². The normalized spacial score (nSPS) is 16.4. The van der Waals surface area contributed by atoms with Crippen LogP contribution >= 0.6 is 0 Å². The van der Waals surface area contributed by atoms with Crippen LogP contribution in [0.25, 0.3) is 11.0 Å². The summed E-state index contributed by atoms with van der Waals surface area (Å²) in [5.41, 5.74) is 2.30. The monoisotopic (exact) mass is 398 g/mol. The lowest BCUT2D eigenvalue weighted by molar-refractivity contribution is 0.188. The van der Waals surface area contributed by atoms with Crippen LogP contribution in [-0.2, 0) is 6.54 Å². The van der Waals surface area contributed by atoms with Crippen LogP contribution in [0.15, 0.2) is 29.3 Å². The van der Waals surface area contributed by atoms with Gasteiger partial charge in [-0.15, -0.1) is 0 Å². The highest BCUT2D eigenvalue weighted by molar-refractivity contribution is 5.79. The van der Waals surface area contributed by atoms with Crippen LogP contribution in [-0.4, -0.2) is 59.7 Å². The molecule has 0 saturated carbocycles. The fourth-order valence-corrected chi connectivity index (χ4v) is 4.19. The van der Waals surface area contributed by atoms with Gasteiger partial charge in [-0.05, 0) is 77.2 Å². The smallest absolute Gasteiger partial charge is 0.191 e. The number of aliphatic imine (C=N–C) groups is 1. The van der Waals surface area contributed by atoms with E-state index in [-0.39, 0.29) is 0 Å². The summed E-state index contributed by atoms with van der Waals surface area (Å²) in [4.78, 5) is 12.1. The van der Waals surface area contributed by atoms with Gasteiger partial charge in [0.15, 0.2) is 5.96 Å². The van der Waals surface area contributed by atoms with Gasteiger partial charge in [-0.3, -0.25) is 4.99 Å². The number of likely N-dealkylation sites (tertiary alicyclic amines) is 1. The molecule has 3 rings (SSSR count). The molecule has 6 nitrogen and oxygen atoms in total. The van der Waals surface area contributed by atoms with Gasteiger partial charge in [-0.25, -0.2) is 4.98 Å². The standard InChI is InChI=1S/C23H38N6/c1-4-14-28-16-11-20(12-17-28)18-26-23(24-5-2)25-13-8-15-29-19(3)27-21-9-6-7-10-22(21)29/h6-7,9-10,20H,4-5,8,11-18H2,1-3H3,(H2,24,25,26). The van der Waals surface area contributed by atoms with Gasteiger partial charge in [0.25, 0.3) is 0 Å². The quantitative estimate of drug-likeness (QED) is 0.386. The van der Waals surface area contributed by atoms with Crippen LogP contribution in [0.1, 0.15) is 45.4 Å². The second-order valence-corrected chi connectivity index (χ2v) is 8.08. The Morgan fingerprint density at radius 2 is 1.93 bits per heavy atom. The first-order chi connectivity index (χ1) is 14.2. The number of guanidine groups is 1. The Labute approximate surface area is 175 Å². The van der Waals surface area contributed by atoms with E-state index >= 15 is 0 Å². The van der Waals surface area contributed by atoms with Gasteiger partial charge >= 0.3 is 0 Å². The predicted molar refractivity (Wildman–Crippen MR) is 123 cm³/mol. The Hall–Kier alpha value is -2.08. The summed E-state index contributed by atoms with van der Waals surface area (Å²) in [5, 5.41) is 6.91. The summed E-state index contributed by atoms with van der Waals surface area (Å²) < 4.78 is 2.31. The van der Waals surface area contributed by atoms with E-state index in [0.717, 1.165) is 55.8 Å². The second-order valence-electron chi connectivity index (χ2n) is 8.08. The number of para-hydroxylation sites is 2. The second kappa shape index (κ2) is 11.2. The van der Waals surface area contributed by atoms with E-state index in [0.29, 0.717) is 0 Å². The fraction of sp³-hybridized carbons (Fsp3) is 0.652. The van der Waals surface area contributed by atoms with E-state index in [1.807, 2.05) is 6.07 Å². The molecule has 0 radical (unpaired) electrons. The van der Waals surface area contributed by atoms with Crippen molar-refractivity contribution >= 4 is 17.0 Å². The number of imidazole rings is 1. The number of aromatic nitrogens is 2. The molecule has 0 bridgehead atoms. The zero-order valence-corrected chi connectivity index (χ0v) is 18.5. The molecule has 1 aliphatic rings. The van der Waals surface area contributed by atoms with Gasteiger partial charge in [0.1, 0.15) is 5.82 Å². The highest BCUT2D eigenvalue weighted by atomic mass is 15.2. The SMILES string of the molecule is CCCN1CCC(CN=C(NCC)NCCCn2c(C)nc3ccccc32)CC1. The van der Waals surface area contributed by atoms with Gasteiger partial charge in [-0.2, -0.15) is 0 Å². The van der Waals surface area contributed by atoms with Crippen molar-refractivity contribution in [3.05, 3.63) is 30.1 Å². The molecular formula is C23H38N6. The number of hydrogen-bond acceptors (Lipinski definition) is 3. The third-order valence-electron chi connectivity index (χ3n) is 5.80. The summed E-state index contributed by atoms with van der Waals surface area (Å²) in [6, 6.07) is 8.37. The molecule has 0 atom stereocenters. The predicted octanol–water partition coefficient (Wildman–Crippen LogP) is 3.41. The van der Waals surface area contributed by atoms with Gasteiger partial charge in [0.2, 0.25) is 0 Å². The van der Waals surface area contributed by atoms with Crippen molar-refractivity contribution in [3.8, 4) is 0 Å². The third-order valence-corrected chi connectivity index (χ3v) is 5.80. The number of hydrogen-bond donors (Lipinski definition) is 2. The maximum Gasteiger partial charge on any atom is 0.191 e. The van der Waals surface area contributed by atoms with Crippen LogP contribution in [0.4, 0.5) is 0 Å². The van der Waals surface area contributed by atoms with E-state index in [9.17, 15) is 0 Å². The lowest BCUT2D eigenvalue weighted by Crippen LogP contribution is -2.39. The molecule has 0 amide bonds. The molecular weight excluding hydrogens is 360 g/mol. The van der Waals surface area contributed by atoms with Crippen LogP contribution in [0, 0.1) is 12.8 Å². The van der Waals surface area contributed by atoms with Crippen LogP contribution in [0.3, 0.4) is 0 Å². The maximum atomic E-state index is 4.87. The molecule has 0 unspecified atom stereocenters. The van der Waals surface area contributed by atoms with Crippen molar-refractivity contribution in [2.45, 2.75) is 53.0 Å². The van der Waals surface area contributed by atoms with Crippen molar-refractivity contribution in [1.29, 1.82) is 0 Å². The number of nitrogens with one attached hydrogen (secondary N) is 2. The van der Waals surface area contributed by atoms with E-state index in [2.05, 4.69) is 64.1 Å². The number of nitrogens with zero attached hydrogens (tertiary/aromatic N) is 4. The first-order valence-corrected chi connectivity index (χ1v) is 11.4. The summed E-state index contributed by atoms with van der Waals surface area (Å²) in [6.45, 7) is 13.9. The number of fused-ring (bicyclic) bond motifs is 1. The molecule has 2 heterocycles. The van der Waals surface area contributed by atoms with E-state index in [1.54, 1.807) is 0 Å². The first kappa shape index (κ1) is 21.6. The van der Waals surface area contributed by atoms with Gasteiger partial charge in [0, 0.05) is 26.2 Å².